The van der Waals surface area contributed by atoms with E-state index in [1.807, 2.05) is 43.3 Å². The quantitative estimate of drug-likeness (QED) is 0.765. The molecule has 1 atom stereocenters. The highest BCUT2D eigenvalue weighted by Gasteiger charge is 2.07. The van der Waals surface area contributed by atoms with Crippen molar-refractivity contribution in [3.05, 3.63) is 71.9 Å². The highest BCUT2D eigenvalue weighted by molar-refractivity contribution is 5.91. The number of benzene rings is 2. The molecule has 1 unspecified atom stereocenters. The maximum atomic E-state index is 6.25. The van der Waals surface area contributed by atoms with E-state index in [2.05, 4.69) is 34.6 Å². The number of hydrogen-bond donors (Lipinski definition) is 2. The lowest BCUT2D eigenvalue weighted by Gasteiger charge is -2.16. The number of nitrogens with one attached hydrogen (secondary N) is 1. The van der Waals surface area contributed by atoms with E-state index >= 15 is 0 Å². The number of nitrogens with two attached hydrogens (primary N) is 1. The van der Waals surface area contributed by atoms with Gasteiger partial charge in [0.05, 0.1) is 5.52 Å². The molecule has 0 amide bonds. The largest absolute Gasteiger partial charge is 0.383 e. The molecule has 0 saturated heterocycles. The van der Waals surface area contributed by atoms with Crippen molar-refractivity contribution in [3.63, 3.8) is 0 Å². The smallest absolute Gasteiger partial charge is 0.0725 e. The fraction of sp³-hybridized carbons (Fsp3) is 0.167. The SMILES string of the molecule is Cc1cc(NCC(N)c2ccccc2)c2ccccc2n1. The van der Waals surface area contributed by atoms with Crippen LogP contribution < -0.4 is 11.1 Å². The molecule has 3 aromatic rings. The van der Waals surface area contributed by atoms with Gasteiger partial charge in [0.1, 0.15) is 0 Å². The van der Waals surface area contributed by atoms with Crippen LogP contribution in [0.1, 0.15) is 17.3 Å². The van der Waals surface area contributed by atoms with Crippen LogP contribution in [0, 0.1) is 6.92 Å². The molecular weight excluding hydrogens is 258 g/mol. The van der Waals surface area contributed by atoms with Gasteiger partial charge in [-0.15, -0.1) is 0 Å². The molecule has 0 aliphatic carbocycles. The normalized spacial score (nSPS) is 12.3. The molecule has 0 spiro atoms. The minimum atomic E-state index is -0.0292. The summed E-state index contributed by atoms with van der Waals surface area (Å²) in [5.74, 6) is 0. The van der Waals surface area contributed by atoms with E-state index < -0.39 is 0 Å². The van der Waals surface area contributed by atoms with Crippen LogP contribution in [0.2, 0.25) is 0 Å². The number of fused-ring (bicyclic) bond motifs is 1. The van der Waals surface area contributed by atoms with Gasteiger partial charge in [-0.3, -0.25) is 4.98 Å². The lowest BCUT2D eigenvalue weighted by Crippen LogP contribution is -2.20. The van der Waals surface area contributed by atoms with Crippen molar-refractivity contribution >= 4 is 16.6 Å². The summed E-state index contributed by atoms with van der Waals surface area (Å²) in [6, 6.07) is 20.3. The number of hydrogen-bond acceptors (Lipinski definition) is 3. The Balaban J connectivity index is 1.82. The van der Waals surface area contributed by atoms with Crippen LogP contribution in [0.3, 0.4) is 0 Å². The summed E-state index contributed by atoms with van der Waals surface area (Å²) in [4.78, 5) is 4.55. The zero-order valence-corrected chi connectivity index (χ0v) is 12.1. The summed E-state index contributed by atoms with van der Waals surface area (Å²) in [5, 5.41) is 4.59. The van der Waals surface area contributed by atoms with Gasteiger partial charge in [0.25, 0.3) is 0 Å². The van der Waals surface area contributed by atoms with Crippen LogP contribution >= 0.6 is 0 Å². The van der Waals surface area contributed by atoms with E-state index in [-0.39, 0.29) is 6.04 Å². The minimum Gasteiger partial charge on any atom is -0.383 e. The highest BCUT2D eigenvalue weighted by atomic mass is 14.9. The van der Waals surface area contributed by atoms with Gasteiger partial charge >= 0.3 is 0 Å². The Morgan fingerprint density at radius 1 is 1.05 bits per heavy atom. The second kappa shape index (κ2) is 5.94. The first-order valence-electron chi connectivity index (χ1n) is 7.15. The molecule has 3 N–H and O–H groups in total. The van der Waals surface area contributed by atoms with Gasteiger partial charge in [-0.1, -0.05) is 48.5 Å². The third-order valence-electron chi connectivity index (χ3n) is 3.58. The average molecular weight is 277 g/mol. The molecule has 0 fully saturated rings. The number of para-hydroxylation sites is 1. The van der Waals surface area contributed by atoms with Crippen molar-refractivity contribution in [2.75, 3.05) is 11.9 Å². The predicted molar refractivity (Wildman–Crippen MR) is 88.3 cm³/mol. The molecule has 3 heteroatoms. The molecule has 0 radical (unpaired) electrons. The summed E-state index contributed by atoms with van der Waals surface area (Å²) < 4.78 is 0. The van der Waals surface area contributed by atoms with Crippen LogP contribution in [0.25, 0.3) is 10.9 Å². The predicted octanol–water partition coefficient (Wildman–Crippen LogP) is 3.66. The number of aromatic nitrogens is 1. The highest BCUT2D eigenvalue weighted by Crippen LogP contribution is 2.23. The van der Waals surface area contributed by atoms with Crippen LogP contribution in [-0.4, -0.2) is 11.5 Å². The van der Waals surface area contributed by atoms with Crippen molar-refractivity contribution in [2.45, 2.75) is 13.0 Å². The Kier molecular flexibility index (Phi) is 3.84. The third-order valence-corrected chi connectivity index (χ3v) is 3.58. The Morgan fingerprint density at radius 3 is 2.57 bits per heavy atom. The molecule has 0 aliphatic rings. The van der Waals surface area contributed by atoms with E-state index in [4.69, 9.17) is 5.73 Å². The maximum absolute atomic E-state index is 6.25. The van der Waals surface area contributed by atoms with E-state index in [1.165, 1.54) is 0 Å². The summed E-state index contributed by atoms with van der Waals surface area (Å²) in [7, 11) is 0. The van der Waals surface area contributed by atoms with Crippen LogP contribution in [-0.2, 0) is 0 Å². The summed E-state index contributed by atoms with van der Waals surface area (Å²) in [5.41, 5.74) is 10.5. The molecule has 21 heavy (non-hydrogen) atoms. The van der Waals surface area contributed by atoms with Gasteiger partial charge in [-0.25, -0.2) is 0 Å². The molecule has 1 heterocycles. The first kappa shape index (κ1) is 13.6. The van der Waals surface area contributed by atoms with Gasteiger partial charge in [0, 0.05) is 29.4 Å². The Bertz CT molecular complexity index is 738. The fourth-order valence-corrected chi connectivity index (χ4v) is 2.49. The van der Waals surface area contributed by atoms with Gasteiger partial charge in [-0.2, -0.15) is 0 Å². The molecule has 2 aromatic carbocycles. The molecule has 106 valence electrons. The lowest BCUT2D eigenvalue weighted by molar-refractivity contribution is 0.765. The molecule has 3 nitrogen and oxygen atoms in total. The topological polar surface area (TPSA) is 50.9 Å². The first-order chi connectivity index (χ1) is 10.2. The Hall–Kier alpha value is -2.39. The molecular formula is C18H19N3. The van der Waals surface area contributed by atoms with E-state index in [9.17, 15) is 0 Å². The maximum Gasteiger partial charge on any atom is 0.0725 e. The molecule has 1 aromatic heterocycles. The molecule has 0 bridgehead atoms. The third kappa shape index (κ3) is 3.03. The van der Waals surface area contributed by atoms with Crippen molar-refractivity contribution in [1.82, 2.24) is 4.98 Å². The van der Waals surface area contributed by atoms with Gasteiger partial charge < -0.3 is 11.1 Å². The van der Waals surface area contributed by atoms with Crippen molar-refractivity contribution in [1.29, 1.82) is 0 Å². The first-order valence-corrected chi connectivity index (χ1v) is 7.15. The molecule has 3 rings (SSSR count). The molecule has 0 aliphatic heterocycles. The standard InChI is InChI=1S/C18H19N3/c1-13-11-18(15-9-5-6-10-17(15)21-13)20-12-16(19)14-7-3-2-4-8-14/h2-11,16H,12,19H2,1H3,(H,20,21). The van der Waals surface area contributed by atoms with E-state index in [0.717, 1.165) is 27.8 Å². The van der Waals surface area contributed by atoms with Crippen LogP contribution in [0.15, 0.2) is 60.7 Å². The number of rotatable bonds is 4. The Morgan fingerprint density at radius 2 is 1.76 bits per heavy atom. The van der Waals surface area contributed by atoms with E-state index in [0.29, 0.717) is 6.54 Å². The fourth-order valence-electron chi connectivity index (χ4n) is 2.49. The van der Waals surface area contributed by atoms with Crippen molar-refractivity contribution in [2.24, 2.45) is 5.73 Å². The van der Waals surface area contributed by atoms with Crippen LogP contribution in [0.5, 0.6) is 0 Å². The van der Waals surface area contributed by atoms with E-state index in [1.54, 1.807) is 0 Å². The monoisotopic (exact) mass is 277 g/mol. The van der Waals surface area contributed by atoms with Gasteiger partial charge in [0.15, 0.2) is 0 Å². The lowest BCUT2D eigenvalue weighted by atomic mass is 10.1. The summed E-state index contributed by atoms with van der Waals surface area (Å²) >= 11 is 0. The molecule has 0 saturated carbocycles. The van der Waals surface area contributed by atoms with Crippen molar-refractivity contribution < 1.29 is 0 Å². The Labute approximate surface area is 124 Å². The zero-order valence-electron chi connectivity index (χ0n) is 12.1. The zero-order chi connectivity index (χ0) is 14.7. The van der Waals surface area contributed by atoms with Gasteiger partial charge in [-0.05, 0) is 24.6 Å². The summed E-state index contributed by atoms with van der Waals surface area (Å²) in [6.07, 6.45) is 0. The van der Waals surface area contributed by atoms with Crippen LogP contribution in [0.4, 0.5) is 5.69 Å². The number of nitrogens with zero attached hydrogens (tertiary/aromatic N) is 1. The summed E-state index contributed by atoms with van der Waals surface area (Å²) in [6.45, 7) is 2.70. The second-order valence-corrected chi connectivity index (χ2v) is 5.23. The number of anilines is 1. The second-order valence-electron chi connectivity index (χ2n) is 5.23. The number of pyridine rings is 1. The van der Waals surface area contributed by atoms with Gasteiger partial charge in [0.2, 0.25) is 0 Å². The number of aryl methyl sites for hydroxylation is 1. The van der Waals surface area contributed by atoms with Crippen molar-refractivity contribution in [3.8, 4) is 0 Å². The average Bonchev–Trinajstić information content (AvgIpc) is 2.53. The minimum absolute atomic E-state index is 0.0292.